The summed E-state index contributed by atoms with van der Waals surface area (Å²) >= 11 is 0. The van der Waals surface area contributed by atoms with E-state index in [1.807, 2.05) is 48.5 Å². The van der Waals surface area contributed by atoms with Gasteiger partial charge in [-0.15, -0.1) is 12.4 Å². The second-order valence-electron chi connectivity index (χ2n) is 4.11. The normalized spacial score (nSPS) is 9.89. The molecule has 1 heterocycles. The SMILES string of the molecule is Cl.c1ccc(COc2cccc3cccnc23)cc1. The lowest BCUT2D eigenvalue weighted by atomic mass is 10.2. The molecular weight excluding hydrogens is 258 g/mol. The molecule has 96 valence electrons. The van der Waals surface area contributed by atoms with Gasteiger partial charge in [0.25, 0.3) is 0 Å². The van der Waals surface area contributed by atoms with Gasteiger partial charge in [0.05, 0.1) is 0 Å². The molecule has 3 heteroatoms. The number of para-hydroxylation sites is 1. The highest BCUT2D eigenvalue weighted by molar-refractivity contribution is 5.85. The number of hydrogen-bond donors (Lipinski definition) is 0. The molecular formula is C16H14ClNO. The van der Waals surface area contributed by atoms with Gasteiger partial charge in [0.15, 0.2) is 0 Å². The molecule has 1 aromatic heterocycles. The summed E-state index contributed by atoms with van der Waals surface area (Å²) in [4.78, 5) is 4.37. The molecule has 0 saturated carbocycles. The van der Waals surface area contributed by atoms with Crippen LogP contribution in [0.2, 0.25) is 0 Å². The molecule has 0 saturated heterocycles. The lowest BCUT2D eigenvalue weighted by molar-refractivity contribution is 0.309. The minimum atomic E-state index is 0. The zero-order valence-electron chi connectivity index (χ0n) is 10.3. The van der Waals surface area contributed by atoms with E-state index in [0.717, 1.165) is 22.2 Å². The van der Waals surface area contributed by atoms with Crippen molar-refractivity contribution in [3.63, 3.8) is 0 Å². The number of aromatic nitrogens is 1. The topological polar surface area (TPSA) is 22.1 Å². The third-order valence-corrected chi connectivity index (χ3v) is 2.83. The molecule has 3 rings (SSSR count). The van der Waals surface area contributed by atoms with E-state index < -0.39 is 0 Å². The fourth-order valence-electron chi connectivity index (χ4n) is 1.93. The fourth-order valence-corrected chi connectivity index (χ4v) is 1.93. The molecule has 0 unspecified atom stereocenters. The molecule has 0 atom stereocenters. The molecule has 0 aliphatic carbocycles. The maximum atomic E-state index is 5.84. The summed E-state index contributed by atoms with van der Waals surface area (Å²) in [5.74, 6) is 0.831. The second-order valence-corrected chi connectivity index (χ2v) is 4.11. The van der Waals surface area contributed by atoms with Crippen molar-refractivity contribution in [2.75, 3.05) is 0 Å². The largest absolute Gasteiger partial charge is 0.487 e. The summed E-state index contributed by atoms with van der Waals surface area (Å²) in [6.45, 7) is 0.566. The molecule has 0 aliphatic heterocycles. The maximum absolute atomic E-state index is 5.84. The average Bonchev–Trinajstić information content (AvgIpc) is 2.46. The first-order valence-electron chi connectivity index (χ1n) is 5.94. The van der Waals surface area contributed by atoms with Crippen LogP contribution in [0.15, 0.2) is 66.9 Å². The van der Waals surface area contributed by atoms with Crippen molar-refractivity contribution in [1.82, 2.24) is 4.98 Å². The number of nitrogens with zero attached hydrogens (tertiary/aromatic N) is 1. The van der Waals surface area contributed by atoms with E-state index in [-0.39, 0.29) is 12.4 Å². The van der Waals surface area contributed by atoms with E-state index in [9.17, 15) is 0 Å². The van der Waals surface area contributed by atoms with Gasteiger partial charge < -0.3 is 4.74 Å². The van der Waals surface area contributed by atoms with Crippen LogP contribution in [0.25, 0.3) is 10.9 Å². The van der Waals surface area contributed by atoms with Crippen molar-refractivity contribution in [2.45, 2.75) is 6.61 Å². The molecule has 3 aromatic rings. The quantitative estimate of drug-likeness (QED) is 0.711. The van der Waals surface area contributed by atoms with Crippen LogP contribution in [-0.2, 0) is 6.61 Å². The average molecular weight is 272 g/mol. The van der Waals surface area contributed by atoms with Crippen LogP contribution < -0.4 is 4.74 Å². The van der Waals surface area contributed by atoms with E-state index in [4.69, 9.17) is 4.74 Å². The molecule has 0 spiro atoms. The third kappa shape index (κ3) is 3.04. The van der Waals surface area contributed by atoms with E-state index in [2.05, 4.69) is 17.1 Å². The van der Waals surface area contributed by atoms with E-state index in [0.29, 0.717) is 6.61 Å². The summed E-state index contributed by atoms with van der Waals surface area (Å²) < 4.78 is 5.84. The Hall–Kier alpha value is -2.06. The van der Waals surface area contributed by atoms with E-state index >= 15 is 0 Å². The zero-order chi connectivity index (χ0) is 12.2. The fraction of sp³-hybridized carbons (Fsp3) is 0.0625. The zero-order valence-corrected chi connectivity index (χ0v) is 11.1. The summed E-state index contributed by atoms with van der Waals surface area (Å²) in [5, 5.41) is 1.10. The second kappa shape index (κ2) is 6.21. The van der Waals surface area contributed by atoms with Crippen LogP contribution in [0.5, 0.6) is 5.75 Å². The van der Waals surface area contributed by atoms with Gasteiger partial charge in [-0.25, -0.2) is 0 Å². The highest BCUT2D eigenvalue weighted by atomic mass is 35.5. The molecule has 0 fully saturated rings. The van der Waals surface area contributed by atoms with E-state index in [1.54, 1.807) is 6.20 Å². The Kier molecular flexibility index (Phi) is 4.37. The van der Waals surface area contributed by atoms with Gasteiger partial charge in [0.2, 0.25) is 0 Å². The van der Waals surface area contributed by atoms with Crippen molar-refractivity contribution >= 4 is 23.3 Å². The number of hydrogen-bond acceptors (Lipinski definition) is 2. The molecule has 0 radical (unpaired) electrons. The first-order chi connectivity index (χ1) is 8.93. The Morgan fingerprint density at radius 1 is 0.842 bits per heavy atom. The van der Waals surface area contributed by atoms with Gasteiger partial charge in [-0.1, -0.05) is 48.5 Å². The minimum absolute atomic E-state index is 0. The summed E-state index contributed by atoms with van der Waals surface area (Å²) in [5.41, 5.74) is 2.07. The molecule has 0 bridgehead atoms. The van der Waals surface area contributed by atoms with Gasteiger partial charge in [-0.2, -0.15) is 0 Å². The third-order valence-electron chi connectivity index (χ3n) is 2.83. The molecule has 0 N–H and O–H groups in total. The number of fused-ring (bicyclic) bond motifs is 1. The van der Waals surface area contributed by atoms with Crippen LogP contribution in [0.1, 0.15) is 5.56 Å². The standard InChI is InChI=1S/C16H13NO.ClH/c1-2-6-13(7-3-1)12-18-15-10-4-8-14-9-5-11-17-16(14)15;/h1-11H,12H2;1H. The first-order valence-corrected chi connectivity index (χ1v) is 5.94. The van der Waals surface area contributed by atoms with Gasteiger partial charge in [-0.3, -0.25) is 4.98 Å². The Morgan fingerprint density at radius 3 is 2.47 bits per heavy atom. The van der Waals surface area contributed by atoms with Crippen LogP contribution in [0, 0.1) is 0 Å². The van der Waals surface area contributed by atoms with Crippen LogP contribution in [0.3, 0.4) is 0 Å². The molecule has 2 nitrogen and oxygen atoms in total. The summed E-state index contributed by atoms with van der Waals surface area (Å²) in [6, 6.07) is 20.1. The van der Waals surface area contributed by atoms with Gasteiger partial charge in [-0.05, 0) is 17.7 Å². The van der Waals surface area contributed by atoms with Gasteiger partial charge in [0.1, 0.15) is 17.9 Å². The monoisotopic (exact) mass is 271 g/mol. The van der Waals surface area contributed by atoms with Crippen molar-refractivity contribution in [3.05, 3.63) is 72.4 Å². The van der Waals surface area contributed by atoms with Gasteiger partial charge >= 0.3 is 0 Å². The lowest BCUT2D eigenvalue weighted by Gasteiger charge is -2.08. The van der Waals surface area contributed by atoms with Crippen LogP contribution in [0.4, 0.5) is 0 Å². The highest BCUT2D eigenvalue weighted by Gasteiger charge is 2.02. The van der Waals surface area contributed by atoms with Crippen LogP contribution in [-0.4, -0.2) is 4.98 Å². The predicted octanol–water partition coefficient (Wildman–Crippen LogP) is 4.24. The minimum Gasteiger partial charge on any atom is -0.487 e. The number of benzene rings is 2. The summed E-state index contributed by atoms with van der Waals surface area (Å²) in [6.07, 6.45) is 1.79. The molecule has 2 aromatic carbocycles. The molecule has 19 heavy (non-hydrogen) atoms. The van der Waals surface area contributed by atoms with Crippen molar-refractivity contribution < 1.29 is 4.74 Å². The maximum Gasteiger partial charge on any atom is 0.146 e. The lowest BCUT2D eigenvalue weighted by Crippen LogP contribution is -1.96. The Morgan fingerprint density at radius 2 is 1.63 bits per heavy atom. The smallest absolute Gasteiger partial charge is 0.146 e. The van der Waals surface area contributed by atoms with Crippen molar-refractivity contribution in [3.8, 4) is 5.75 Å². The summed E-state index contributed by atoms with van der Waals surface area (Å²) in [7, 11) is 0. The Labute approximate surface area is 118 Å². The first kappa shape index (κ1) is 13.4. The molecule has 0 amide bonds. The number of halogens is 1. The van der Waals surface area contributed by atoms with Crippen LogP contribution >= 0.6 is 12.4 Å². The Bertz CT molecular complexity index is 650. The van der Waals surface area contributed by atoms with Gasteiger partial charge in [0, 0.05) is 11.6 Å². The van der Waals surface area contributed by atoms with Crippen molar-refractivity contribution in [2.24, 2.45) is 0 Å². The number of pyridine rings is 1. The Balaban J connectivity index is 0.00000133. The highest BCUT2D eigenvalue weighted by Crippen LogP contribution is 2.23. The molecule has 0 aliphatic rings. The van der Waals surface area contributed by atoms with Crippen molar-refractivity contribution in [1.29, 1.82) is 0 Å². The van der Waals surface area contributed by atoms with E-state index in [1.165, 1.54) is 0 Å². The number of rotatable bonds is 3. The number of ether oxygens (including phenoxy) is 1. The predicted molar refractivity (Wildman–Crippen MR) is 79.8 cm³/mol.